The lowest BCUT2D eigenvalue weighted by molar-refractivity contribution is 0.178. The van der Waals surface area contributed by atoms with Gasteiger partial charge in [-0.05, 0) is 31.1 Å². The highest BCUT2D eigenvalue weighted by Gasteiger charge is 2.29. The van der Waals surface area contributed by atoms with Crippen LogP contribution in [0, 0.1) is 11.8 Å². The summed E-state index contributed by atoms with van der Waals surface area (Å²) in [5, 5.41) is 13.6. The zero-order chi connectivity index (χ0) is 18.9. The quantitative estimate of drug-likeness (QED) is 0.849. The van der Waals surface area contributed by atoms with Crippen LogP contribution in [0.3, 0.4) is 0 Å². The van der Waals surface area contributed by atoms with Crippen LogP contribution in [0.15, 0.2) is 16.7 Å². The number of aliphatic hydroxyl groups excluding tert-OH is 1. The van der Waals surface area contributed by atoms with E-state index in [1.165, 1.54) is 0 Å². The molecule has 0 spiro atoms. The molecule has 2 aromatic rings. The average molecular weight is 360 g/mol. The van der Waals surface area contributed by atoms with Crippen molar-refractivity contribution in [2.45, 2.75) is 77.8 Å². The van der Waals surface area contributed by atoms with Crippen LogP contribution < -0.4 is 5.32 Å². The molecular weight excluding hydrogens is 326 g/mol. The first-order valence-corrected chi connectivity index (χ1v) is 9.91. The van der Waals surface area contributed by atoms with Crippen LogP contribution in [-0.4, -0.2) is 27.7 Å². The first kappa shape index (κ1) is 19.3. The van der Waals surface area contributed by atoms with Crippen molar-refractivity contribution in [3.8, 4) is 0 Å². The number of fused-ring (bicyclic) bond motifs is 1. The van der Waals surface area contributed by atoms with E-state index >= 15 is 0 Å². The average Bonchev–Trinajstić information content (AvgIpc) is 2.90. The summed E-state index contributed by atoms with van der Waals surface area (Å²) in [5.74, 6) is 2.07. The van der Waals surface area contributed by atoms with Gasteiger partial charge in [0.15, 0.2) is 0 Å². The Kier molecular flexibility index (Phi) is 5.68. The molecule has 1 fully saturated rings. The minimum Gasteiger partial charge on any atom is -0.441 e. The number of aliphatic hydroxyl groups is 1. The number of rotatable bonds is 4. The third kappa shape index (κ3) is 4.26. The zero-order valence-electron chi connectivity index (χ0n) is 16.7. The Morgan fingerprint density at radius 3 is 2.73 bits per heavy atom. The molecule has 26 heavy (non-hydrogen) atoms. The van der Waals surface area contributed by atoms with Crippen molar-refractivity contribution >= 4 is 11.2 Å². The molecule has 0 bridgehead atoms. The first-order valence-electron chi connectivity index (χ1n) is 9.91. The molecule has 0 radical (unpaired) electrons. The van der Waals surface area contributed by atoms with Gasteiger partial charge < -0.3 is 14.8 Å². The molecule has 2 aromatic heterocycles. The van der Waals surface area contributed by atoms with Gasteiger partial charge in [0.2, 0.25) is 5.71 Å². The minimum absolute atomic E-state index is 0.0604. The Balaban J connectivity index is 1.83. The van der Waals surface area contributed by atoms with Crippen molar-refractivity contribution < 1.29 is 9.52 Å². The van der Waals surface area contributed by atoms with Gasteiger partial charge in [0.1, 0.15) is 11.3 Å². The summed E-state index contributed by atoms with van der Waals surface area (Å²) in [7, 11) is 0. The highest BCUT2D eigenvalue weighted by molar-refractivity contribution is 5.69. The molecule has 0 aliphatic carbocycles. The van der Waals surface area contributed by atoms with E-state index in [9.17, 15) is 5.11 Å². The van der Waals surface area contributed by atoms with Crippen molar-refractivity contribution in [2.75, 3.05) is 6.61 Å². The standard InChI is InChI=1S/C21H33N3O2/c1-13(2)9-14-7-6-8-15(23-18(14)12-25)17-11-22-20-16(24-17)10-19(26-20)21(3,4)5/h10-11,13-15,18,23,25H,6-9,12H2,1-5H3/t14-,15?,18-/m0/s1. The van der Waals surface area contributed by atoms with E-state index in [4.69, 9.17) is 9.40 Å². The van der Waals surface area contributed by atoms with Crippen LogP contribution in [0.2, 0.25) is 0 Å². The lowest BCUT2D eigenvalue weighted by Gasteiger charge is -2.27. The lowest BCUT2D eigenvalue weighted by Crippen LogP contribution is -2.40. The van der Waals surface area contributed by atoms with Crippen LogP contribution in [0.4, 0.5) is 0 Å². The van der Waals surface area contributed by atoms with Crippen molar-refractivity contribution in [1.82, 2.24) is 15.3 Å². The van der Waals surface area contributed by atoms with E-state index in [0.717, 1.165) is 42.7 Å². The van der Waals surface area contributed by atoms with Gasteiger partial charge in [0.25, 0.3) is 0 Å². The Morgan fingerprint density at radius 2 is 2.08 bits per heavy atom. The number of nitrogens with zero attached hydrogens (tertiary/aromatic N) is 2. The van der Waals surface area contributed by atoms with Gasteiger partial charge in [-0.3, -0.25) is 0 Å². The summed E-state index contributed by atoms with van der Waals surface area (Å²) in [6.45, 7) is 11.0. The predicted molar refractivity (Wildman–Crippen MR) is 104 cm³/mol. The normalized spacial score (nSPS) is 25.0. The van der Waals surface area contributed by atoms with Gasteiger partial charge in [0, 0.05) is 17.5 Å². The van der Waals surface area contributed by atoms with E-state index in [-0.39, 0.29) is 24.1 Å². The summed E-state index contributed by atoms with van der Waals surface area (Å²) in [4.78, 5) is 9.34. The molecule has 3 rings (SSSR count). The summed E-state index contributed by atoms with van der Waals surface area (Å²) in [5.41, 5.74) is 2.30. The van der Waals surface area contributed by atoms with E-state index in [2.05, 4.69) is 44.9 Å². The highest BCUT2D eigenvalue weighted by Crippen LogP contribution is 2.32. The zero-order valence-corrected chi connectivity index (χ0v) is 16.7. The molecule has 1 saturated heterocycles. The predicted octanol–water partition coefficient (Wildman–Crippen LogP) is 4.36. The van der Waals surface area contributed by atoms with Gasteiger partial charge in [-0.15, -0.1) is 0 Å². The van der Waals surface area contributed by atoms with Crippen LogP contribution >= 0.6 is 0 Å². The molecular formula is C21H33N3O2. The molecule has 1 unspecified atom stereocenters. The number of furan rings is 1. The number of aromatic nitrogens is 2. The van der Waals surface area contributed by atoms with Crippen molar-refractivity contribution in [2.24, 2.45) is 11.8 Å². The first-order chi connectivity index (χ1) is 12.3. The number of hydrogen-bond donors (Lipinski definition) is 2. The highest BCUT2D eigenvalue weighted by atomic mass is 16.3. The molecule has 0 aromatic carbocycles. The Morgan fingerprint density at radius 1 is 1.31 bits per heavy atom. The molecule has 0 saturated carbocycles. The monoisotopic (exact) mass is 359 g/mol. The maximum absolute atomic E-state index is 9.92. The van der Waals surface area contributed by atoms with Crippen LogP contribution in [0.25, 0.3) is 11.2 Å². The van der Waals surface area contributed by atoms with Gasteiger partial charge >= 0.3 is 0 Å². The van der Waals surface area contributed by atoms with E-state index in [1.807, 2.05) is 12.3 Å². The second-order valence-corrected chi connectivity index (χ2v) is 9.17. The largest absolute Gasteiger partial charge is 0.441 e. The molecule has 1 aliphatic rings. The van der Waals surface area contributed by atoms with Crippen molar-refractivity contribution in [3.63, 3.8) is 0 Å². The number of hydrogen-bond acceptors (Lipinski definition) is 5. The summed E-state index contributed by atoms with van der Waals surface area (Å²) >= 11 is 0. The molecule has 3 atom stereocenters. The molecule has 1 aliphatic heterocycles. The second kappa shape index (κ2) is 7.65. The van der Waals surface area contributed by atoms with Gasteiger partial charge in [-0.25, -0.2) is 9.97 Å². The van der Waals surface area contributed by atoms with Crippen LogP contribution in [0.5, 0.6) is 0 Å². The third-order valence-corrected chi connectivity index (χ3v) is 5.38. The Bertz CT molecular complexity index is 732. The second-order valence-electron chi connectivity index (χ2n) is 9.17. The van der Waals surface area contributed by atoms with Crippen LogP contribution in [-0.2, 0) is 5.41 Å². The summed E-state index contributed by atoms with van der Waals surface area (Å²) in [6, 6.07) is 2.26. The van der Waals surface area contributed by atoms with Gasteiger partial charge in [-0.2, -0.15) is 0 Å². The maximum atomic E-state index is 9.92. The summed E-state index contributed by atoms with van der Waals surface area (Å²) < 4.78 is 5.87. The van der Waals surface area contributed by atoms with Crippen molar-refractivity contribution in [1.29, 1.82) is 0 Å². The van der Waals surface area contributed by atoms with Gasteiger partial charge in [0.05, 0.1) is 24.5 Å². The number of nitrogens with one attached hydrogen (secondary N) is 1. The maximum Gasteiger partial charge on any atom is 0.245 e. The topological polar surface area (TPSA) is 71.2 Å². The summed E-state index contributed by atoms with van der Waals surface area (Å²) in [6.07, 6.45) is 6.29. The molecule has 3 heterocycles. The fourth-order valence-electron chi connectivity index (χ4n) is 3.96. The Hall–Kier alpha value is -1.46. The van der Waals surface area contributed by atoms with Gasteiger partial charge in [-0.1, -0.05) is 41.0 Å². The fourth-order valence-corrected chi connectivity index (χ4v) is 3.96. The minimum atomic E-state index is -0.0604. The van der Waals surface area contributed by atoms with Crippen LogP contribution in [0.1, 0.15) is 77.8 Å². The molecule has 5 heteroatoms. The third-order valence-electron chi connectivity index (χ3n) is 5.38. The fraction of sp³-hybridized carbons (Fsp3) is 0.714. The van der Waals surface area contributed by atoms with Crippen molar-refractivity contribution in [3.05, 3.63) is 23.7 Å². The molecule has 0 amide bonds. The van der Waals surface area contributed by atoms with E-state index in [1.54, 1.807) is 0 Å². The molecule has 5 nitrogen and oxygen atoms in total. The SMILES string of the molecule is CC(C)C[C@@H]1CCCC(c2cnc3oc(C(C)(C)C)cc3n2)N[C@H]1CO. The molecule has 144 valence electrons. The lowest BCUT2D eigenvalue weighted by atomic mass is 9.88. The Labute approximate surface area is 156 Å². The smallest absolute Gasteiger partial charge is 0.245 e. The van der Waals surface area contributed by atoms with E-state index in [0.29, 0.717) is 17.5 Å². The molecule has 2 N–H and O–H groups in total. The van der Waals surface area contributed by atoms with E-state index < -0.39 is 0 Å².